The molecule has 2 rings (SSSR count). The minimum Gasteiger partial charge on any atom is -0.390 e. The van der Waals surface area contributed by atoms with Crippen molar-refractivity contribution in [2.75, 3.05) is 0 Å². The van der Waals surface area contributed by atoms with E-state index >= 15 is 0 Å². The molecular formula is C13H22N10O6. The summed E-state index contributed by atoms with van der Waals surface area (Å²) in [6.45, 7) is 1.51. The first kappa shape index (κ1) is 22.9. The monoisotopic (exact) mass is 414 g/mol. The zero-order valence-corrected chi connectivity index (χ0v) is 15.3. The Hall–Kier alpha value is -2.35. The molecule has 1 aliphatic carbocycles. The highest BCUT2D eigenvalue weighted by Crippen LogP contribution is 2.33. The van der Waals surface area contributed by atoms with E-state index in [-0.39, 0.29) is 6.42 Å². The first-order valence-corrected chi connectivity index (χ1v) is 8.68. The van der Waals surface area contributed by atoms with Crippen LogP contribution in [0.2, 0.25) is 0 Å². The summed E-state index contributed by atoms with van der Waals surface area (Å²) in [6, 6.07) is -4.32. The fourth-order valence-electron chi connectivity index (χ4n) is 3.46. The molecule has 0 radical (unpaired) electrons. The number of rotatable bonds is 6. The van der Waals surface area contributed by atoms with E-state index < -0.39 is 67.1 Å². The first-order valence-electron chi connectivity index (χ1n) is 8.68. The van der Waals surface area contributed by atoms with Crippen molar-refractivity contribution in [2.24, 2.45) is 21.1 Å². The lowest BCUT2D eigenvalue weighted by Crippen LogP contribution is -2.64. The van der Waals surface area contributed by atoms with Gasteiger partial charge in [0.15, 0.2) is 6.29 Å². The van der Waals surface area contributed by atoms with Crippen molar-refractivity contribution in [1.29, 1.82) is 0 Å². The van der Waals surface area contributed by atoms with E-state index in [1.807, 2.05) is 0 Å². The van der Waals surface area contributed by atoms with Gasteiger partial charge in [-0.25, -0.2) is 0 Å². The number of nitrogens with zero attached hydrogens (tertiary/aromatic N) is 9. The average molecular weight is 414 g/mol. The van der Waals surface area contributed by atoms with Gasteiger partial charge in [-0.05, 0) is 29.9 Å². The smallest absolute Gasteiger partial charge is 0.169 e. The van der Waals surface area contributed by atoms with Gasteiger partial charge in [0.1, 0.15) is 24.4 Å². The molecule has 1 saturated carbocycles. The highest BCUT2D eigenvalue weighted by atomic mass is 16.7. The average Bonchev–Trinajstić information content (AvgIpc) is 2.68. The number of nitrogens with two attached hydrogens (primary N) is 1. The molecule has 16 nitrogen and oxygen atoms in total. The summed E-state index contributed by atoms with van der Waals surface area (Å²) in [5.41, 5.74) is 31.9. The van der Waals surface area contributed by atoms with Gasteiger partial charge in [0.05, 0.1) is 30.4 Å². The highest BCUT2D eigenvalue weighted by Gasteiger charge is 2.50. The number of azide groups is 3. The summed E-state index contributed by atoms with van der Waals surface area (Å²) < 4.78 is 11.2. The van der Waals surface area contributed by atoms with Crippen molar-refractivity contribution in [3.05, 3.63) is 31.3 Å². The summed E-state index contributed by atoms with van der Waals surface area (Å²) in [7, 11) is 0. The normalized spacial score (nSPS) is 43.2. The third-order valence-corrected chi connectivity index (χ3v) is 4.94. The predicted octanol–water partition coefficient (Wildman–Crippen LogP) is -0.672. The van der Waals surface area contributed by atoms with Gasteiger partial charge in [0.25, 0.3) is 0 Å². The van der Waals surface area contributed by atoms with Crippen LogP contribution in [0.5, 0.6) is 0 Å². The molecule has 11 atom stereocenters. The Morgan fingerprint density at radius 3 is 2.07 bits per heavy atom. The second-order valence-corrected chi connectivity index (χ2v) is 6.87. The van der Waals surface area contributed by atoms with Crippen molar-refractivity contribution in [1.82, 2.24) is 0 Å². The van der Waals surface area contributed by atoms with Crippen LogP contribution in [0.25, 0.3) is 31.3 Å². The van der Waals surface area contributed by atoms with Crippen molar-refractivity contribution in [3.63, 3.8) is 0 Å². The summed E-state index contributed by atoms with van der Waals surface area (Å²) in [6.07, 6.45) is -10.4. The van der Waals surface area contributed by atoms with Crippen LogP contribution in [0.4, 0.5) is 0 Å². The maximum Gasteiger partial charge on any atom is 0.169 e. The molecule has 29 heavy (non-hydrogen) atoms. The van der Waals surface area contributed by atoms with E-state index in [0.717, 1.165) is 0 Å². The third-order valence-electron chi connectivity index (χ3n) is 4.94. The van der Waals surface area contributed by atoms with Crippen LogP contribution in [0, 0.1) is 0 Å². The lowest BCUT2D eigenvalue weighted by Gasteiger charge is -2.46. The van der Waals surface area contributed by atoms with Gasteiger partial charge in [-0.1, -0.05) is 15.3 Å². The molecule has 0 aromatic heterocycles. The summed E-state index contributed by atoms with van der Waals surface area (Å²) >= 11 is 0. The molecule has 0 aromatic carbocycles. The molecule has 1 heterocycles. The van der Waals surface area contributed by atoms with Crippen molar-refractivity contribution in [3.8, 4) is 0 Å². The Kier molecular flexibility index (Phi) is 7.84. The van der Waals surface area contributed by atoms with Gasteiger partial charge in [-0.2, -0.15) is 0 Å². The topological polar surface area (TPSA) is 272 Å². The molecule has 0 amide bonds. The molecule has 16 heteroatoms. The quantitative estimate of drug-likeness (QED) is 0.212. The molecular weight excluding hydrogens is 392 g/mol. The maximum absolute atomic E-state index is 10.4. The summed E-state index contributed by atoms with van der Waals surface area (Å²) in [5.74, 6) is 0. The molecule has 0 bridgehead atoms. The zero-order chi connectivity index (χ0) is 21.7. The van der Waals surface area contributed by atoms with Gasteiger partial charge >= 0.3 is 0 Å². The Bertz CT molecular complexity index is 721. The van der Waals surface area contributed by atoms with Crippen molar-refractivity contribution in [2.45, 2.75) is 80.4 Å². The van der Waals surface area contributed by atoms with Gasteiger partial charge in [0, 0.05) is 20.8 Å². The minimum atomic E-state index is -1.66. The molecule has 0 spiro atoms. The molecule has 6 unspecified atom stereocenters. The van der Waals surface area contributed by atoms with Crippen LogP contribution < -0.4 is 5.73 Å². The molecule has 6 N–H and O–H groups in total. The van der Waals surface area contributed by atoms with Gasteiger partial charge in [0.2, 0.25) is 0 Å². The Labute approximate surface area is 163 Å². The Morgan fingerprint density at radius 1 is 0.931 bits per heavy atom. The lowest BCUT2D eigenvalue weighted by atomic mass is 9.84. The van der Waals surface area contributed by atoms with Crippen LogP contribution in [-0.2, 0) is 9.47 Å². The molecule has 2 fully saturated rings. The Morgan fingerprint density at radius 2 is 1.52 bits per heavy atom. The number of aliphatic hydroxyl groups is 4. The summed E-state index contributed by atoms with van der Waals surface area (Å²) in [5, 5.41) is 51.4. The molecule has 1 saturated heterocycles. The lowest BCUT2D eigenvalue weighted by molar-refractivity contribution is -0.291. The number of aliphatic hydroxyl groups excluding tert-OH is 4. The van der Waals surface area contributed by atoms with Gasteiger partial charge in [-0.15, -0.1) is 0 Å². The highest BCUT2D eigenvalue weighted by molar-refractivity contribution is 5.02. The van der Waals surface area contributed by atoms with Crippen LogP contribution in [0.15, 0.2) is 15.3 Å². The van der Waals surface area contributed by atoms with Crippen molar-refractivity contribution >= 4 is 0 Å². The largest absolute Gasteiger partial charge is 0.390 e. The van der Waals surface area contributed by atoms with Gasteiger partial charge in [-0.3, -0.25) is 0 Å². The van der Waals surface area contributed by atoms with Crippen molar-refractivity contribution < 1.29 is 29.9 Å². The summed E-state index contributed by atoms with van der Waals surface area (Å²) in [4.78, 5) is 7.85. The number of hydrogen-bond acceptors (Lipinski definition) is 10. The van der Waals surface area contributed by atoms with E-state index in [9.17, 15) is 20.4 Å². The standard InChI is InChI=1S/C13H22N10O6/c1-3(14)11-10(27)8(25)6(20-23-17)13(28-11)29-12-5(19-22-16)2-4(18-21-15)7(24)9(12)26/h3-13,24-27H,2,14H2,1H3/t3?,4-,5?,6?,7?,8-,9?,10+,11?,12-,13-/m1/s1. The van der Waals surface area contributed by atoms with E-state index in [1.165, 1.54) is 6.92 Å². The van der Waals surface area contributed by atoms with E-state index in [4.69, 9.17) is 31.8 Å². The maximum atomic E-state index is 10.4. The van der Waals surface area contributed by atoms with Gasteiger partial charge < -0.3 is 35.6 Å². The van der Waals surface area contributed by atoms with E-state index in [0.29, 0.717) is 0 Å². The number of hydrogen-bond donors (Lipinski definition) is 5. The minimum absolute atomic E-state index is 0.141. The SMILES string of the molecule is CC(N)C1O[C@H](O[C@@H]2C(N=[N+]=[N-])C[C@@H](N=[N+]=[N-])C(O)C2O)C(N=[N+]=[N-])[C@@H](O)[C@@H]1O. The zero-order valence-electron chi connectivity index (χ0n) is 15.3. The third kappa shape index (κ3) is 4.80. The second kappa shape index (κ2) is 9.91. The van der Waals surface area contributed by atoms with Crippen LogP contribution in [0.3, 0.4) is 0 Å². The first-order chi connectivity index (χ1) is 13.8. The van der Waals surface area contributed by atoms with Crippen LogP contribution in [-0.4, -0.2) is 87.5 Å². The fourth-order valence-corrected chi connectivity index (χ4v) is 3.46. The molecule has 2 aliphatic rings. The molecule has 160 valence electrons. The van der Waals surface area contributed by atoms with E-state index in [1.54, 1.807) is 0 Å². The predicted molar refractivity (Wildman–Crippen MR) is 94.6 cm³/mol. The van der Waals surface area contributed by atoms with Crippen LogP contribution >= 0.6 is 0 Å². The molecule has 1 aliphatic heterocycles. The molecule has 0 aromatic rings. The number of ether oxygens (including phenoxy) is 2. The second-order valence-electron chi connectivity index (χ2n) is 6.87. The van der Waals surface area contributed by atoms with E-state index in [2.05, 4.69) is 30.1 Å². The fraction of sp³-hybridized carbons (Fsp3) is 1.00. The van der Waals surface area contributed by atoms with Crippen LogP contribution in [0.1, 0.15) is 13.3 Å². The Balaban J connectivity index is 2.34.